The van der Waals surface area contributed by atoms with Gasteiger partial charge in [-0.25, -0.2) is 4.98 Å². The number of hydrogen-bond acceptors (Lipinski definition) is 3. The van der Waals surface area contributed by atoms with Crippen molar-refractivity contribution >= 4 is 34.7 Å². The van der Waals surface area contributed by atoms with Gasteiger partial charge < -0.3 is 9.72 Å². The second kappa shape index (κ2) is 6.03. The van der Waals surface area contributed by atoms with Gasteiger partial charge in [0.1, 0.15) is 11.6 Å². The third-order valence-electron chi connectivity index (χ3n) is 3.24. The quantitative estimate of drug-likeness (QED) is 0.801. The number of H-pyrrole nitrogens is 1. The van der Waals surface area contributed by atoms with E-state index in [1.54, 1.807) is 31.4 Å². The molecule has 22 heavy (non-hydrogen) atoms. The van der Waals surface area contributed by atoms with Gasteiger partial charge in [0.2, 0.25) is 0 Å². The highest BCUT2D eigenvalue weighted by Crippen LogP contribution is 2.16. The molecule has 4 nitrogen and oxygen atoms in total. The minimum atomic E-state index is -0.207. The Morgan fingerprint density at radius 2 is 1.91 bits per heavy atom. The van der Waals surface area contributed by atoms with Gasteiger partial charge in [0.15, 0.2) is 0 Å². The van der Waals surface area contributed by atoms with E-state index in [4.69, 9.17) is 16.3 Å². The number of aromatic amines is 1. The fourth-order valence-corrected chi connectivity index (χ4v) is 2.27. The molecular formula is C17H13ClN2O2. The van der Waals surface area contributed by atoms with Gasteiger partial charge in [-0.2, -0.15) is 0 Å². The highest BCUT2D eigenvalue weighted by atomic mass is 35.5. The molecule has 3 aromatic rings. The van der Waals surface area contributed by atoms with E-state index in [1.165, 1.54) is 0 Å². The molecule has 0 spiro atoms. The molecule has 0 radical (unpaired) electrons. The number of nitrogens with one attached hydrogen (secondary N) is 1. The van der Waals surface area contributed by atoms with Crippen molar-refractivity contribution in [1.82, 2.24) is 9.97 Å². The number of rotatable bonds is 3. The number of fused-ring (bicyclic) bond motifs is 1. The molecule has 1 aromatic heterocycles. The van der Waals surface area contributed by atoms with Crippen LogP contribution >= 0.6 is 11.6 Å². The predicted molar refractivity (Wildman–Crippen MR) is 89.3 cm³/mol. The van der Waals surface area contributed by atoms with E-state index < -0.39 is 0 Å². The Hall–Kier alpha value is -2.59. The number of methoxy groups -OCH3 is 1. The second-order valence-corrected chi connectivity index (χ2v) is 5.16. The first-order valence-corrected chi connectivity index (χ1v) is 7.05. The largest absolute Gasteiger partial charge is 0.497 e. The normalized spacial score (nSPS) is 11.2. The fraction of sp³-hybridized carbons (Fsp3) is 0.0588. The summed E-state index contributed by atoms with van der Waals surface area (Å²) in [4.78, 5) is 19.2. The summed E-state index contributed by atoms with van der Waals surface area (Å²) in [6.45, 7) is 0. The minimum Gasteiger partial charge on any atom is -0.497 e. The zero-order chi connectivity index (χ0) is 15.5. The lowest BCUT2D eigenvalue weighted by Gasteiger charge is -2.00. The first-order valence-electron chi connectivity index (χ1n) is 6.67. The van der Waals surface area contributed by atoms with Gasteiger partial charge >= 0.3 is 0 Å². The predicted octanol–water partition coefficient (Wildman–Crippen LogP) is 3.76. The molecule has 5 heteroatoms. The molecule has 2 aromatic carbocycles. The molecule has 110 valence electrons. The monoisotopic (exact) mass is 312 g/mol. The van der Waals surface area contributed by atoms with Gasteiger partial charge in [-0.05, 0) is 42.0 Å². The van der Waals surface area contributed by atoms with Crippen LogP contribution in [-0.4, -0.2) is 17.1 Å². The van der Waals surface area contributed by atoms with E-state index in [1.807, 2.05) is 30.3 Å². The van der Waals surface area contributed by atoms with E-state index in [9.17, 15) is 4.79 Å². The SMILES string of the molecule is COc1ccc(C=Cc2nc3ccc(Cl)cc3c(=O)[nH]2)cc1. The van der Waals surface area contributed by atoms with Crippen LogP contribution < -0.4 is 10.3 Å². The molecule has 0 aliphatic carbocycles. The van der Waals surface area contributed by atoms with Crippen molar-refractivity contribution in [2.24, 2.45) is 0 Å². The van der Waals surface area contributed by atoms with Crippen molar-refractivity contribution in [1.29, 1.82) is 0 Å². The van der Waals surface area contributed by atoms with Crippen LogP contribution in [0.25, 0.3) is 23.1 Å². The molecule has 1 heterocycles. The lowest BCUT2D eigenvalue weighted by molar-refractivity contribution is 0.415. The lowest BCUT2D eigenvalue weighted by atomic mass is 10.2. The molecule has 0 aliphatic heterocycles. The topological polar surface area (TPSA) is 55.0 Å². The van der Waals surface area contributed by atoms with Crippen LogP contribution in [0.15, 0.2) is 47.3 Å². The summed E-state index contributed by atoms with van der Waals surface area (Å²) >= 11 is 5.89. The highest BCUT2D eigenvalue weighted by molar-refractivity contribution is 6.31. The van der Waals surface area contributed by atoms with E-state index in [0.717, 1.165) is 11.3 Å². The Labute approximate surface area is 132 Å². The van der Waals surface area contributed by atoms with Gasteiger partial charge in [-0.1, -0.05) is 29.8 Å². The standard InChI is InChI=1S/C17H13ClN2O2/c1-22-13-6-2-11(3-7-13)4-9-16-19-15-8-5-12(18)10-14(15)17(21)20-16/h2-10H,1H3,(H,19,20,21). The van der Waals surface area contributed by atoms with Crippen molar-refractivity contribution in [2.75, 3.05) is 7.11 Å². The van der Waals surface area contributed by atoms with Gasteiger partial charge in [-0.3, -0.25) is 4.79 Å². The van der Waals surface area contributed by atoms with Gasteiger partial charge in [0, 0.05) is 5.02 Å². The summed E-state index contributed by atoms with van der Waals surface area (Å²) in [7, 11) is 1.63. The van der Waals surface area contributed by atoms with Gasteiger partial charge in [0.05, 0.1) is 18.0 Å². The Balaban J connectivity index is 1.94. The first-order chi connectivity index (χ1) is 10.7. The summed E-state index contributed by atoms with van der Waals surface area (Å²) in [5.41, 5.74) is 1.39. The van der Waals surface area contributed by atoms with Crippen LogP contribution in [0.5, 0.6) is 5.75 Å². The molecule has 3 rings (SSSR count). The summed E-state index contributed by atoms with van der Waals surface area (Å²) in [5.74, 6) is 1.29. The number of halogens is 1. The molecule has 0 amide bonds. The van der Waals surface area contributed by atoms with Crippen molar-refractivity contribution in [3.63, 3.8) is 0 Å². The van der Waals surface area contributed by atoms with Crippen molar-refractivity contribution in [3.8, 4) is 5.75 Å². The second-order valence-electron chi connectivity index (χ2n) is 4.72. The maximum atomic E-state index is 12.0. The zero-order valence-corrected chi connectivity index (χ0v) is 12.6. The van der Waals surface area contributed by atoms with Crippen LogP contribution in [0.2, 0.25) is 5.02 Å². The molecule has 0 fully saturated rings. The van der Waals surface area contributed by atoms with E-state index in [2.05, 4.69) is 9.97 Å². The lowest BCUT2D eigenvalue weighted by Crippen LogP contribution is -2.09. The average Bonchev–Trinajstić information content (AvgIpc) is 2.54. The Morgan fingerprint density at radius 3 is 2.64 bits per heavy atom. The number of benzene rings is 2. The van der Waals surface area contributed by atoms with Crippen molar-refractivity contribution in [3.05, 3.63) is 69.2 Å². The molecule has 1 N–H and O–H groups in total. The maximum absolute atomic E-state index is 12.0. The zero-order valence-electron chi connectivity index (χ0n) is 11.8. The summed E-state index contributed by atoms with van der Waals surface area (Å²) in [5, 5.41) is 0.996. The van der Waals surface area contributed by atoms with Crippen molar-refractivity contribution < 1.29 is 4.74 Å². The Kier molecular flexibility index (Phi) is 3.94. The molecule has 0 saturated heterocycles. The Morgan fingerprint density at radius 1 is 1.14 bits per heavy atom. The number of ether oxygens (including phenoxy) is 1. The van der Waals surface area contributed by atoms with Crippen LogP contribution in [0, 0.1) is 0 Å². The molecule has 0 unspecified atom stereocenters. The highest BCUT2D eigenvalue weighted by Gasteiger charge is 2.02. The maximum Gasteiger partial charge on any atom is 0.259 e. The smallest absolute Gasteiger partial charge is 0.259 e. The van der Waals surface area contributed by atoms with Gasteiger partial charge in [-0.15, -0.1) is 0 Å². The number of aromatic nitrogens is 2. The van der Waals surface area contributed by atoms with Crippen LogP contribution in [0.1, 0.15) is 11.4 Å². The fourth-order valence-electron chi connectivity index (χ4n) is 2.10. The van der Waals surface area contributed by atoms with Crippen LogP contribution in [0.3, 0.4) is 0 Å². The molecule has 0 bridgehead atoms. The van der Waals surface area contributed by atoms with E-state index in [-0.39, 0.29) is 5.56 Å². The summed E-state index contributed by atoms with van der Waals surface area (Å²) in [6.07, 6.45) is 3.64. The van der Waals surface area contributed by atoms with Crippen LogP contribution in [0.4, 0.5) is 0 Å². The molecule has 0 saturated carbocycles. The molecule has 0 atom stereocenters. The average molecular weight is 313 g/mol. The first kappa shape index (κ1) is 14.4. The van der Waals surface area contributed by atoms with Gasteiger partial charge in [0.25, 0.3) is 5.56 Å². The van der Waals surface area contributed by atoms with E-state index >= 15 is 0 Å². The van der Waals surface area contributed by atoms with E-state index in [0.29, 0.717) is 21.7 Å². The molecular weight excluding hydrogens is 300 g/mol. The third kappa shape index (κ3) is 3.02. The Bertz CT molecular complexity index is 899. The molecule has 0 aliphatic rings. The third-order valence-corrected chi connectivity index (χ3v) is 3.47. The number of hydrogen-bond donors (Lipinski definition) is 1. The summed E-state index contributed by atoms with van der Waals surface area (Å²) < 4.78 is 5.11. The number of nitrogens with zero attached hydrogens (tertiary/aromatic N) is 1. The minimum absolute atomic E-state index is 0.207. The van der Waals surface area contributed by atoms with Crippen LogP contribution in [-0.2, 0) is 0 Å². The summed E-state index contributed by atoms with van der Waals surface area (Å²) in [6, 6.07) is 12.7. The van der Waals surface area contributed by atoms with Crippen molar-refractivity contribution in [2.45, 2.75) is 0 Å².